The molecule has 2 aromatic carbocycles. The number of nitrogens with zero attached hydrogens (tertiary/aromatic N) is 1. The van der Waals surface area contributed by atoms with E-state index in [0.717, 1.165) is 34.9 Å². The third-order valence-corrected chi connectivity index (χ3v) is 7.91. The van der Waals surface area contributed by atoms with Crippen LogP contribution in [0.15, 0.2) is 52.2 Å². The molecule has 0 spiro atoms. The number of rotatable bonds is 7. The molecule has 1 atom stereocenters. The largest absolute Gasteiger partial charge is 0.465 e. The van der Waals surface area contributed by atoms with E-state index in [2.05, 4.69) is 9.72 Å². The molecule has 4 rings (SSSR count). The maximum absolute atomic E-state index is 13.6. The Bertz CT molecular complexity index is 1370. The fourth-order valence-electron chi connectivity index (χ4n) is 4.32. The van der Waals surface area contributed by atoms with Gasteiger partial charge in [-0.05, 0) is 74.2 Å². The normalized spacial score (nSPS) is 16.3. The van der Waals surface area contributed by atoms with Gasteiger partial charge in [-0.25, -0.2) is 13.2 Å². The first-order valence-electron chi connectivity index (χ1n) is 11.1. The van der Waals surface area contributed by atoms with Crippen LogP contribution >= 0.6 is 0 Å². The average Bonchev–Trinajstić information content (AvgIpc) is 3.32. The van der Waals surface area contributed by atoms with Crippen LogP contribution < -0.4 is 5.56 Å². The van der Waals surface area contributed by atoms with Crippen molar-refractivity contribution < 1.29 is 22.7 Å². The number of aryl methyl sites for hydroxylation is 2. The number of fused-ring (bicyclic) bond motifs is 1. The first-order chi connectivity index (χ1) is 16.2. The van der Waals surface area contributed by atoms with Crippen molar-refractivity contribution in [1.29, 1.82) is 0 Å². The van der Waals surface area contributed by atoms with Crippen molar-refractivity contribution in [1.82, 2.24) is 9.29 Å². The zero-order valence-electron chi connectivity index (χ0n) is 19.5. The highest BCUT2D eigenvalue weighted by atomic mass is 32.2. The number of H-pyrrole nitrogens is 1. The lowest BCUT2D eigenvalue weighted by atomic mass is 10.0. The number of aromatic nitrogens is 1. The Hall–Kier alpha value is -3.01. The molecule has 9 heteroatoms. The fourth-order valence-corrected chi connectivity index (χ4v) is 5.77. The number of ether oxygens (including phenoxy) is 2. The van der Waals surface area contributed by atoms with E-state index in [4.69, 9.17) is 4.74 Å². The van der Waals surface area contributed by atoms with Crippen molar-refractivity contribution in [3.05, 3.63) is 75.1 Å². The molecule has 1 aliphatic heterocycles. The Morgan fingerprint density at radius 1 is 1.18 bits per heavy atom. The summed E-state index contributed by atoms with van der Waals surface area (Å²) < 4.78 is 38.9. The van der Waals surface area contributed by atoms with Gasteiger partial charge in [-0.15, -0.1) is 0 Å². The topological polar surface area (TPSA) is 106 Å². The van der Waals surface area contributed by atoms with Crippen LogP contribution in [0.2, 0.25) is 0 Å². The van der Waals surface area contributed by atoms with Crippen molar-refractivity contribution in [3.8, 4) is 0 Å². The molecule has 8 nitrogen and oxygen atoms in total. The van der Waals surface area contributed by atoms with Gasteiger partial charge in [0.25, 0.3) is 5.56 Å². The average molecular weight is 485 g/mol. The summed E-state index contributed by atoms with van der Waals surface area (Å²) in [6.07, 6.45) is 1.37. The minimum absolute atomic E-state index is 0.0298. The summed E-state index contributed by atoms with van der Waals surface area (Å²) >= 11 is 0. The van der Waals surface area contributed by atoms with Crippen LogP contribution in [-0.4, -0.2) is 50.0 Å². The predicted octanol–water partition coefficient (Wildman–Crippen LogP) is 3.30. The molecule has 0 amide bonds. The van der Waals surface area contributed by atoms with Gasteiger partial charge in [-0.3, -0.25) is 4.79 Å². The van der Waals surface area contributed by atoms with Crippen molar-refractivity contribution >= 4 is 26.9 Å². The number of aromatic amines is 1. The zero-order valence-corrected chi connectivity index (χ0v) is 20.3. The highest BCUT2D eigenvalue weighted by molar-refractivity contribution is 7.89. The van der Waals surface area contributed by atoms with E-state index < -0.39 is 16.0 Å². The molecule has 0 bridgehead atoms. The number of sulfonamides is 1. The molecular weight excluding hydrogens is 456 g/mol. The summed E-state index contributed by atoms with van der Waals surface area (Å²) in [6, 6.07) is 11.3. The van der Waals surface area contributed by atoms with Gasteiger partial charge in [0.15, 0.2) is 0 Å². The molecule has 0 radical (unpaired) electrons. The van der Waals surface area contributed by atoms with Gasteiger partial charge in [0, 0.05) is 36.2 Å². The van der Waals surface area contributed by atoms with Crippen LogP contribution in [0.1, 0.15) is 39.9 Å². The Morgan fingerprint density at radius 3 is 2.56 bits per heavy atom. The van der Waals surface area contributed by atoms with Gasteiger partial charge in [0.2, 0.25) is 10.0 Å². The number of esters is 1. The van der Waals surface area contributed by atoms with Gasteiger partial charge < -0.3 is 14.5 Å². The van der Waals surface area contributed by atoms with E-state index in [1.165, 1.54) is 35.7 Å². The maximum atomic E-state index is 13.6. The third kappa shape index (κ3) is 4.91. The molecule has 1 N–H and O–H groups in total. The highest BCUT2D eigenvalue weighted by Crippen LogP contribution is 2.24. The van der Waals surface area contributed by atoms with Gasteiger partial charge in [-0.1, -0.05) is 6.07 Å². The number of carbonyl (C=O) groups is 1. The number of nitrogens with one attached hydrogen (secondary N) is 1. The van der Waals surface area contributed by atoms with E-state index in [9.17, 15) is 18.0 Å². The standard InChI is InChI=1S/C25H28N2O6S/c1-16-11-17(2)22-13-19(24(28)26-23(22)12-16)14-27(15-20-5-4-10-33-20)34(30,31)21-8-6-18(7-9-21)25(29)32-3/h6-9,11-13,20H,4-5,10,14-15H2,1-3H3,(H,26,28). The third-order valence-electron chi connectivity index (χ3n) is 6.08. The molecular formula is C25H28N2O6S. The Kier molecular flexibility index (Phi) is 6.88. The fraction of sp³-hybridized carbons (Fsp3) is 0.360. The zero-order chi connectivity index (χ0) is 24.5. The summed E-state index contributed by atoms with van der Waals surface area (Å²) in [4.78, 5) is 27.5. The molecule has 1 unspecified atom stereocenters. The number of methoxy groups -OCH3 is 1. The quantitative estimate of drug-likeness (QED) is 0.516. The molecule has 1 fully saturated rings. The summed E-state index contributed by atoms with van der Waals surface area (Å²) in [5.74, 6) is -0.548. The summed E-state index contributed by atoms with van der Waals surface area (Å²) in [6.45, 7) is 4.54. The molecule has 0 saturated carbocycles. The van der Waals surface area contributed by atoms with Gasteiger partial charge >= 0.3 is 5.97 Å². The summed E-state index contributed by atoms with van der Waals surface area (Å²) in [5, 5.41) is 0.872. The predicted molar refractivity (Wildman–Crippen MR) is 128 cm³/mol. The highest BCUT2D eigenvalue weighted by Gasteiger charge is 2.30. The Labute approximate surface area is 198 Å². The lowest BCUT2D eigenvalue weighted by molar-refractivity contribution is 0.0600. The first kappa shape index (κ1) is 24.1. The van der Waals surface area contributed by atoms with E-state index in [0.29, 0.717) is 12.2 Å². The number of carbonyl (C=O) groups excluding carboxylic acids is 1. The van der Waals surface area contributed by atoms with Gasteiger partial charge in [-0.2, -0.15) is 4.31 Å². The number of pyridine rings is 1. The van der Waals surface area contributed by atoms with Crippen LogP contribution in [0.3, 0.4) is 0 Å². The second-order valence-electron chi connectivity index (χ2n) is 8.62. The molecule has 2 heterocycles. The van der Waals surface area contributed by atoms with E-state index in [1.807, 2.05) is 26.0 Å². The molecule has 3 aromatic rings. The van der Waals surface area contributed by atoms with Gasteiger partial charge in [0.1, 0.15) is 0 Å². The minimum atomic E-state index is -3.97. The van der Waals surface area contributed by atoms with Crippen molar-refractivity contribution in [2.75, 3.05) is 20.3 Å². The van der Waals surface area contributed by atoms with E-state index in [-0.39, 0.29) is 35.2 Å². The van der Waals surface area contributed by atoms with Crippen molar-refractivity contribution in [2.24, 2.45) is 0 Å². The van der Waals surface area contributed by atoms with Crippen LogP contribution in [0.4, 0.5) is 0 Å². The Morgan fingerprint density at radius 2 is 1.91 bits per heavy atom. The second-order valence-corrected chi connectivity index (χ2v) is 10.6. The van der Waals surface area contributed by atoms with Gasteiger partial charge in [0.05, 0.1) is 23.7 Å². The van der Waals surface area contributed by atoms with E-state index >= 15 is 0 Å². The molecule has 34 heavy (non-hydrogen) atoms. The van der Waals surface area contributed by atoms with Crippen LogP contribution in [0, 0.1) is 13.8 Å². The van der Waals surface area contributed by atoms with Crippen LogP contribution in [-0.2, 0) is 26.0 Å². The lowest BCUT2D eigenvalue weighted by Crippen LogP contribution is -2.38. The number of hydrogen-bond donors (Lipinski definition) is 1. The van der Waals surface area contributed by atoms with Crippen LogP contribution in [0.25, 0.3) is 10.9 Å². The SMILES string of the molecule is COC(=O)c1ccc(S(=O)(=O)N(Cc2cc3c(C)cc(C)cc3[nH]c2=O)CC2CCCO2)cc1. The maximum Gasteiger partial charge on any atom is 0.337 e. The second kappa shape index (κ2) is 9.69. The molecule has 1 aliphatic rings. The summed E-state index contributed by atoms with van der Waals surface area (Å²) in [5.41, 5.74) is 3.03. The van der Waals surface area contributed by atoms with E-state index in [1.54, 1.807) is 6.07 Å². The molecule has 1 saturated heterocycles. The molecule has 0 aliphatic carbocycles. The van der Waals surface area contributed by atoms with Crippen molar-refractivity contribution in [2.45, 2.75) is 44.2 Å². The Balaban J connectivity index is 1.72. The molecule has 1 aromatic heterocycles. The first-order valence-corrected chi connectivity index (χ1v) is 12.6. The number of benzene rings is 2. The smallest absolute Gasteiger partial charge is 0.337 e. The monoisotopic (exact) mass is 484 g/mol. The molecule has 180 valence electrons. The minimum Gasteiger partial charge on any atom is -0.465 e. The lowest BCUT2D eigenvalue weighted by Gasteiger charge is -2.25. The number of hydrogen-bond acceptors (Lipinski definition) is 6. The van der Waals surface area contributed by atoms with Crippen molar-refractivity contribution in [3.63, 3.8) is 0 Å². The summed E-state index contributed by atoms with van der Waals surface area (Å²) in [7, 11) is -2.71. The van der Waals surface area contributed by atoms with Crippen LogP contribution in [0.5, 0.6) is 0 Å².